The van der Waals surface area contributed by atoms with Crippen molar-refractivity contribution in [3.8, 4) is 5.75 Å². The first-order chi connectivity index (χ1) is 9.55. The Morgan fingerprint density at radius 1 is 1.00 bits per heavy atom. The van der Waals surface area contributed by atoms with Gasteiger partial charge in [0, 0.05) is 0 Å². The van der Waals surface area contributed by atoms with E-state index in [2.05, 4.69) is 6.92 Å². The Hall–Kier alpha value is -0.0700. The number of benzene rings is 1. The summed E-state index contributed by atoms with van der Waals surface area (Å²) in [4.78, 5) is -0.275. The summed E-state index contributed by atoms with van der Waals surface area (Å²) in [5, 5.41) is 0. The Morgan fingerprint density at radius 3 is 2.19 bits per heavy atom. The zero-order chi connectivity index (χ0) is 14.8. The smallest absolute Gasteiger partial charge is 0.744 e. The minimum Gasteiger partial charge on any atom is -0.744 e. The molecule has 1 aromatic carbocycles. The van der Waals surface area contributed by atoms with Gasteiger partial charge >= 0.3 is 29.6 Å². The molecule has 0 saturated heterocycles. The van der Waals surface area contributed by atoms with Crippen LogP contribution in [0.3, 0.4) is 0 Å². The number of hydrogen-bond acceptors (Lipinski definition) is 4. The van der Waals surface area contributed by atoms with E-state index in [0.717, 1.165) is 12.8 Å². The van der Waals surface area contributed by atoms with Gasteiger partial charge < -0.3 is 9.29 Å². The third kappa shape index (κ3) is 8.83. The van der Waals surface area contributed by atoms with Gasteiger partial charge in [0.25, 0.3) is 0 Å². The van der Waals surface area contributed by atoms with Crippen molar-refractivity contribution in [1.29, 1.82) is 0 Å². The van der Waals surface area contributed by atoms with E-state index in [0.29, 0.717) is 6.61 Å². The fourth-order valence-corrected chi connectivity index (χ4v) is 2.64. The van der Waals surface area contributed by atoms with Crippen molar-refractivity contribution in [3.63, 3.8) is 0 Å². The molecule has 4 nitrogen and oxygen atoms in total. The Morgan fingerprint density at radius 2 is 1.57 bits per heavy atom. The molecule has 0 bridgehead atoms. The molecule has 21 heavy (non-hydrogen) atoms. The SMILES string of the molecule is CCCCCCCCCOc1ccccc1S(=O)(=O)[O-].[Na+]. The second-order valence-corrected chi connectivity index (χ2v) is 6.22. The predicted octanol–water partition coefficient (Wildman–Crippen LogP) is 0.724. The molecule has 0 aromatic heterocycles. The number of rotatable bonds is 10. The van der Waals surface area contributed by atoms with Crippen LogP contribution in [0.15, 0.2) is 29.2 Å². The van der Waals surface area contributed by atoms with Crippen molar-refractivity contribution in [2.45, 2.75) is 56.8 Å². The van der Waals surface area contributed by atoms with E-state index in [1.165, 1.54) is 50.3 Å². The van der Waals surface area contributed by atoms with Crippen molar-refractivity contribution in [3.05, 3.63) is 24.3 Å². The Labute approximate surface area is 150 Å². The fraction of sp³-hybridized carbons (Fsp3) is 0.600. The molecule has 0 N–H and O–H groups in total. The van der Waals surface area contributed by atoms with E-state index >= 15 is 0 Å². The zero-order valence-electron chi connectivity index (χ0n) is 13.0. The molecule has 0 saturated carbocycles. The van der Waals surface area contributed by atoms with E-state index < -0.39 is 10.1 Å². The van der Waals surface area contributed by atoms with Crippen LogP contribution in [0.4, 0.5) is 0 Å². The summed E-state index contributed by atoms with van der Waals surface area (Å²) >= 11 is 0. The topological polar surface area (TPSA) is 66.4 Å². The molecule has 6 heteroatoms. The second-order valence-electron chi connectivity index (χ2n) is 4.87. The van der Waals surface area contributed by atoms with Crippen molar-refractivity contribution < 1.29 is 47.3 Å². The molecule has 0 amide bonds. The largest absolute Gasteiger partial charge is 1.00 e. The minimum atomic E-state index is -4.47. The average molecular weight is 322 g/mol. The molecule has 0 aliphatic carbocycles. The van der Waals surface area contributed by atoms with Crippen LogP contribution in [0.25, 0.3) is 0 Å². The average Bonchev–Trinajstić information content (AvgIpc) is 2.41. The van der Waals surface area contributed by atoms with Gasteiger partial charge in [-0.25, -0.2) is 8.42 Å². The molecule has 0 aliphatic rings. The van der Waals surface area contributed by atoms with E-state index in [9.17, 15) is 13.0 Å². The molecule has 0 fully saturated rings. The summed E-state index contributed by atoms with van der Waals surface area (Å²) < 4.78 is 38.6. The van der Waals surface area contributed by atoms with Gasteiger partial charge in [0.05, 0.1) is 11.5 Å². The van der Waals surface area contributed by atoms with Crippen LogP contribution >= 0.6 is 0 Å². The number of para-hydroxylation sites is 1. The van der Waals surface area contributed by atoms with Gasteiger partial charge in [0.2, 0.25) is 0 Å². The van der Waals surface area contributed by atoms with Gasteiger partial charge in [-0.2, -0.15) is 0 Å². The molecule has 0 unspecified atom stereocenters. The number of hydrogen-bond donors (Lipinski definition) is 0. The molecule has 0 atom stereocenters. The first kappa shape index (κ1) is 20.9. The van der Waals surface area contributed by atoms with E-state index in [-0.39, 0.29) is 40.2 Å². The number of ether oxygens (including phenoxy) is 1. The van der Waals surface area contributed by atoms with Crippen molar-refractivity contribution in [2.24, 2.45) is 0 Å². The molecule has 1 aromatic rings. The van der Waals surface area contributed by atoms with Gasteiger partial charge in [-0.3, -0.25) is 0 Å². The summed E-state index contributed by atoms with van der Waals surface area (Å²) in [5.74, 6) is 0.161. The normalized spacial score (nSPS) is 11.0. The Kier molecular flexibility index (Phi) is 11.5. The van der Waals surface area contributed by atoms with Crippen LogP contribution < -0.4 is 34.3 Å². The third-order valence-corrected chi connectivity index (χ3v) is 4.00. The molecule has 0 heterocycles. The van der Waals surface area contributed by atoms with Gasteiger partial charge in [0.1, 0.15) is 15.9 Å². The second kappa shape index (κ2) is 11.5. The first-order valence-corrected chi connectivity index (χ1v) is 8.64. The van der Waals surface area contributed by atoms with Gasteiger partial charge in [-0.05, 0) is 18.6 Å². The van der Waals surface area contributed by atoms with E-state index in [1.54, 1.807) is 6.07 Å². The van der Waals surface area contributed by atoms with E-state index in [1.807, 2.05) is 0 Å². The predicted molar refractivity (Wildman–Crippen MR) is 77.9 cm³/mol. The summed E-state index contributed by atoms with van der Waals surface area (Å²) in [7, 11) is -4.47. The molecular weight excluding hydrogens is 299 g/mol. The summed E-state index contributed by atoms with van der Waals surface area (Å²) in [6, 6.07) is 5.98. The molecule has 0 radical (unpaired) electrons. The van der Waals surface area contributed by atoms with Gasteiger partial charge in [-0.1, -0.05) is 57.6 Å². The third-order valence-electron chi connectivity index (χ3n) is 3.12. The summed E-state index contributed by atoms with van der Waals surface area (Å²) in [6.07, 6.45) is 8.14. The van der Waals surface area contributed by atoms with Crippen molar-refractivity contribution >= 4 is 10.1 Å². The number of unbranched alkanes of at least 4 members (excludes halogenated alkanes) is 6. The summed E-state index contributed by atoms with van der Waals surface area (Å²) in [6.45, 7) is 2.63. The van der Waals surface area contributed by atoms with E-state index in [4.69, 9.17) is 4.74 Å². The summed E-state index contributed by atoms with van der Waals surface area (Å²) in [5.41, 5.74) is 0. The quantitative estimate of drug-likeness (QED) is 0.362. The molecule has 0 aliphatic heterocycles. The maximum Gasteiger partial charge on any atom is 1.00 e. The van der Waals surface area contributed by atoms with Crippen LogP contribution in [-0.4, -0.2) is 19.6 Å². The van der Waals surface area contributed by atoms with Gasteiger partial charge in [-0.15, -0.1) is 0 Å². The first-order valence-electron chi connectivity index (χ1n) is 7.23. The maximum atomic E-state index is 11.1. The minimum absolute atomic E-state index is 0. The van der Waals surface area contributed by atoms with Crippen molar-refractivity contribution in [1.82, 2.24) is 0 Å². The Balaban J connectivity index is 0.00000400. The zero-order valence-corrected chi connectivity index (χ0v) is 15.8. The molecule has 114 valence electrons. The van der Waals surface area contributed by atoms with Crippen LogP contribution in [0.1, 0.15) is 51.9 Å². The molecule has 1 rings (SSSR count). The van der Waals surface area contributed by atoms with Crippen LogP contribution in [0, 0.1) is 0 Å². The van der Waals surface area contributed by atoms with Crippen LogP contribution in [0.5, 0.6) is 5.75 Å². The van der Waals surface area contributed by atoms with Gasteiger partial charge in [0.15, 0.2) is 0 Å². The molecule has 0 spiro atoms. The van der Waals surface area contributed by atoms with Crippen LogP contribution in [-0.2, 0) is 10.1 Å². The monoisotopic (exact) mass is 322 g/mol. The van der Waals surface area contributed by atoms with Crippen LogP contribution in [0.2, 0.25) is 0 Å². The maximum absolute atomic E-state index is 11.1. The standard InChI is InChI=1S/C15H24O4S.Na/c1-2-3-4-5-6-7-10-13-19-14-11-8-9-12-15(14)20(16,17)18;/h8-9,11-12H,2-7,10,13H2,1H3,(H,16,17,18);/q;+1/p-1. The molecular formula is C15H23NaO4S. The van der Waals surface area contributed by atoms with Crippen molar-refractivity contribution in [2.75, 3.05) is 6.61 Å². The fourth-order valence-electron chi connectivity index (χ4n) is 2.02. The Bertz CT molecular complexity index is 488.